The van der Waals surface area contributed by atoms with Crippen LogP contribution in [0, 0.1) is 17.2 Å². The lowest BCUT2D eigenvalue weighted by atomic mass is 9.96. The topological polar surface area (TPSA) is 117 Å². The van der Waals surface area contributed by atoms with Crippen LogP contribution in [0.5, 0.6) is 11.5 Å². The van der Waals surface area contributed by atoms with Crippen molar-refractivity contribution in [3.05, 3.63) is 42.1 Å². The monoisotopic (exact) mass is 407 g/mol. The molecule has 9 nitrogen and oxygen atoms in total. The summed E-state index contributed by atoms with van der Waals surface area (Å²) in [6.45, 7) is 2.06. The molecule has 0 saturated carbocycles. The average molecular weight is 407 g/mol. The zero-order chi connectivity index (χ0) is 20.9. The van der Waals surface area contributed by atoms with E-state index in [1.165, 1.54) is 0 Å². The summed E-state index contributed by atoms with van der Waals surface area (Å²) in [6, 6.07) is 10.6. The summed E-state index contributed by atoms with van der Waals surface area (Å²) in [7, 11) is 0. The number of amides is 2. The number of nitriles is 1. The van der Waals surface area contributed by atoms with Gasteiger partial charge in [-0.05, 0) is 43.0 Å². The van der Waals surface area contributed by atoms with Crippen LogP contribution < -0.4 is 25.0 Å². The van der Waals surface area contributed by atoms with E-state index in [-0.39, 0.29) is 12.7 Å². The number of aromatic nitrogens is 1. The van der Waals surface area contributed by atoms with Gasteiger partial charge in [0.25, 0.3) is 0 Å². The average Bonchev–Trinajstić information content (AvgIpc) is 3.25. The van der Waals surface area contributed by atoms with Crippen LogP contribution in [-0.2, 0) is 9.59 Å². The molecule has 2 amide bonds. The smallest absolute Gasteiger partial charge is 0.313 e. The third kappa shape index (κ3) is 4.27. The number of nitrogens with zero attached hydrogens (tertiary/aromatic N) is 3. The summed E-state index contributed by atoms with van der Waals surface area (Å²) in [5.74, 6) is 0.706. The Morgan fingerprint density at radius 3 is 2.77 bits per heavy atom. The molecule has 0 spiro atoms. The fraction of sp³-hybridized carbons (Fsp3) is 0.333. The SMILES string of the molecule is N#Cc1cccnc1N1CCC(CNC(=O)C(=O)Nc2ccc3c(c2)OCO3)CC1. The van der Waals surface area contributed by atoms with Gasteiger partial charge in [0.15, 0.2) is 11.5 Å². The molecule has 0 unspecified atom stereocenters. The van der Waals surface area contributed by atoms with Crippen LogP contribution >= 0.6 is 0 Å². The van der Waals surface area contributed by atoms with E-state index in [0.29, 0.717) is 35.1 Å². The molecule has 9 heteroatoms. The molecule has 0 radical (unpaired) electrons. The van der Waals surface area contributed by atoms with Crippen LogP contribution in [0.15, 0.2) is 36.5 Å². The molecule has 2 aromatic rings. The van der Waals surface area contributed by atoms with Gasteiger partial charge in [-0.3, -0.25) is 9.59 Å². The van der Waals surface area contributed by atoms with Gasteiger partial charge in [-0.1, -0.05) is 0 Å². The molecule has 0 bridgehead atoms. The van der Waals surface area contributed by atoms with Gasteiger partial charge in [-0.25, -0.2) is 4.98 Å². The number of nitrogens with one attached hydrogen (secondary N) is 2. The number of fused-ring (bicyclic) bond motifs is 1. The van der Waals surface area contributed by atoms with Crippen molar-refractivity contribution < 1.29 is 19.1 Å². The number of hydrogen-bond acceptors (Lipinski definition) is 7. The van der Waals surface area contributed by atoms with Crippen molar-refractivity contribution in [2.24, 2.45) is 5.92 Å². The molecule has 2 aliphatic rings. The zero-order valence-electron chi connectivity index (χ0n) is 16.3. The standard InChI is InChI=1S/C21H21N5O4/c22-11-15-2-1-7-23-19(15)26-8-5-14(6-9-26)12-24-20(27)21(28)25-16-3-4-17-18(10-16)30-13-29-17/h1-4,7,10,14H,5-6,8-9,12-13H2,(H,24,27)(H,25,28). The number of ether oxygens (including phenoxy) is 2. The van der Waals surface area contributed by atoms with Gasteiger partial charge in [0.2, 0.25) is 6.79 Å². The second-order valence-electron chi connectivity index (χ2n) is 7.15. The lowest BCUT2D eigenvalue weighted by Gasteiger charge is -2.33. The Morgan fingerprint density at radius 1 is 1.17 bits per heavy atom. The Hall–Kier alpha value is -3.80. The first-order valence-corrected chi connectivity index (χ1v) is 9.73. The third-order valence-corrected chi connectivity index (χ3v) is 5.21. The van der Waals surface area contributed by atoms with E-state index >= 15 is 0 Å². The largest absolute Gasteiger partial charge is 0.454 e. The first kappa shape index (κ1) is 19.5. The minimum atomic E-state index is -0.724. The number of piperidine rings is 1. The van der Waals surface area contributed by atoms with Gasteiger partial charge in [0, 0.05) is 37.6 Å². The normalized spacial score (nSPS) is 15.4. The van der Waals surface area contributed by atoms with Crippen molar-refractivity contribution in [2.75, 3.05) is 36.6 Å². The van der Waals surface area contributed by atoms with Crippen molar-refractivity contribution in [2.45, 2.75) is 12.8 Å². The molecular weight excluding hydrogens is 386 g/mol. The highest BCUT2D eigenvalue weighted by atomic mass is 16.7. The predicted octanol–water partition coefficient (Wildman–Crippen LogP) is 1.65. The summed E-state index contributed by atoms with van der Waals surface area (Å²) in [5.41, 5.74) is 1.03. The van der Waals surface area contributed by atoms with Crippen LogP contribution in [0.1, 0.15) is 18.4 Å². The third-order valence-electron chi connectivity index (χ3n) is 5.21. The van der Waals surface area contributed by atoms with E-state index in [1.54, 1.807) is 36.5 Å². The number of benzene rings is 1. The molecule has 1 aromatic carbocycles. The van der Waals surface area contributed by atoms with Crippen molar-refractivity contribution in [1.82, 2.24) is 10.3 Å². The Labute approximate surface area is 173 Å². The minimum Gasteiger partial charge on any atom is -0.454 e. The van der Waals surface area contributed by atoms with Gasteiger partial charge >= 0.3 is 11.8 Å². The fourth-order valence-electron chi connectivity index (χ4n) is 3.56. The summed E-state index contributed by atoms with van der Waals surface area (Å²) in [4.78, 5) is 30.7. The van der Waals surface area contributed by atoms with Crippen molar-refractivity contribution in [1.29, 1.82) is 5.26 Å². The molecule has 4 rings (SSSR count). The zero-order valence-corrected chi connectivity index (χ0v) is 16.3. The van der Waals surface area contributed by atoms with E-state index in [1.807, 2.05) is 0 Å². The molecule has 1 saturated heterocycles. The van der Waals surface area contributed by atoms with Gasteiger partial charge in [-0.15, -0.1) is 0 Å². The van der Waals surface area contributed by atoms with Crippen LogP contribution in [0.3, 0.4) is 0 Å². The first-order chi connectivity index (χ1) is 14.6. The first-order valence-electron chi connectivity index (χ1n) is 9.73. The molecule has 154 valence electrons. The van der Waals surface area contributed by atoms with Crippen molar-refractivity contribution >= 4 is 23.3 Å². The van der Waals surface area contributed by atoms with Gasteiger partial charge in [0.05, 0.1) is 5.56 Å². The maximum absolute atomic E-state index is 12.2. The molecule has 2 N–H and O–H groups in total. The molecule has 1 fully saturated rings. The van der Waals surface area contributed by atoms with E-state index in [9.17, 15) is 14.9 Å². The Kier molecular flexibility index (Phi) is 5.66. The molecule has 2 aliphatic heterocycles. The molecular formula is C21H21N5O4. The quantitative estimate of drug-likeness (QED) is 0.740. The maximum atomic E-state index is 12.2. The minimum absolute atomic E-state index is 0.143. The highest BCUT2D eigenvalue weighted by molar-refractivity contribution is 6.39. The molecule has 3 heterocycles. The van der Waals surface area contributed by atoms with Crippen molar-refractivity contribution in [3.8, 4) is 17.6 Å². The van der Waals surface area contributed by atoms with E-state index in [2.05, 4.69) is 26.6 Å². The van der Waals surface area contributed by atoms with E-state index in [4.69, 9.17) is 9.47 Å². The number of carbonyl (C=O) groups is 2. The molecule has 1 aromatic heterocycles. The summed E-state index contributed by atoms with van der Waals surface area (Å²) in [5, 5.41) is 14.5. The second-order valence-corrected chi connectivity index (χ2v) is 7.15. The number of anilines is 2. The number of hydrogen-bond donors (Lipinski definition) is 2. The van der Waals surface area contributed by atoms with Crippen LogP contribution in [-0.4, -0.2) is 43.2 Å². The molecule has 30 heavy (non-hydrogen) atoms. The van der Waals surface area contributed by atoms with Crippen LogP contribution in [0.4, 0.5) is 11.5 Å². The van der Waals surface area contributed by atoms with Crippen molar-refractivity contribution in [3.63, 3.8) is 0 Å². The summed E-state index contributed by atoms with van der Waals surface area (Å²) >= 11 is 0. The molecule has 0 atom stereocenters. The highest BCUT2D eigenvalue weighted by Crippen LogP contribution is 2.34. The Morgan fingerprint density at radius 2 is 1.97 bits per heavy atom. The van der Waals surface area contributed by atoms with Crippen LogP contribution in [0.25, 0.3) is 0 Å². The maximum Gasteiger partial charge on any atom is 0.313 e. The number of rotatable bonds is 4. The van der Waals surface area contributed by atoms with E-state index in [0.717, 1.165) is 25.9 Å². The number of pyridine rings is 1. The summed E-state index contributed by atoms with van der Waals surface area (Å²) < 4.78 is 10.5. The van der Waals surface area contributed by atoms with Gasteiger partial charge < -0.3 is 25.0 Å². The lowest BCUT2D eigenvalue weighted by molar-refractivity contribution is -0.136. The van der Waals surface area contributed by atoms with Gasteiger partial charge in [0.1, 0.15) is 11.9 Å². The Balaban J connectivity index is 1.24. The fourth-order valence-corrected chi connectivity index (χ4v) is 3.56. The van der Waals surface area contributed by atoms with Gasteiger partial charge in [-0.2, -0.15) is 5.26 Å². The summed E-state index contributed by atoms with van der Waals surface area (Å²) in [6.07, 6.45) is 3.36. The van der Waals surface area contributed by atoms with E-state index < -0.39 is 11.8 Å². The highest BCUT2D eigenvalue weighted by Gasteiger charge is 2.23. The lowest BCUT2D eigenvalue weighted by Crippen LogP contribution is -2.42. The predicted molar refractivity (Wildman–Crippen MR) is 108 cm³/mol. The van der Waals surface area contributed by atoms with Crippen LogP contribution in [0.2, 0.25) is 0 Å². The Bertz CT molecular complexity index is 995. The second kappa shape index (κ2) is 8.69. The molecule has 0 aliphatic carbocycles. The number of carbonyl (C=O) groups excluding carboxylic acids is 2.